The van der Waals surface area contributed by atoms with Crippen LogP contribution in [-0.2, 0) is 4.79 Å². The van der Waals surface area contributed by atoms with E-state index in [0.29, 0.717) is 6.54 Å². The Morgan fingerprint density at radius 1 is 1.33 bits per heavy atom. The van der Waals surface area contributed by atoms with Crippen molar-refractivity contribution in [2.24, 2.45) is 0 Å². The maximum absolute atomic E-state index is 11.7. The molecule has 0 bridgehead atoms. The zero-order valence-electron chi connectivity index (χ0n) is 11.2. The minimum atomic E-state index is -1.37. The first-order valence-electron chi connectivity index (χ1n) is 5.84. The molecule has 1 amide bonds. The van der Waals surface area contributed by atoms with Crippen LogP contribution >= 0.6 is 22.6 Å². The lowest BCUT2D eigenvalue weighted by atomic mass is 10.3. The van der Waals surface area contributed by atoms with Crippen molar-refractivity contribution < 1.29 is 4.79 Å². The van der Waals surface area contributed by atoms with Crippen molar-refractivity contribution in [3.05, 3.63) is 27.8 Å². The van der Waals surface area contributed by atoms with Crippen LogP contribution in [0.5, 0.6) is 0 Å². The molecule has 0 aliphatic heterocycles. The number of nitrogens with zero attached hydrogens (tertiary/aromatic N) is 1. The standard InChI is InChI=1S/C14H18INOSi/c1-12(17)16(10-7-11-18(2,3)4)14-9-6-5-8-13(14)15/h5-6,8-9H,10H2,1-4H3. The van der Waals surface area contributed by atoms with Crippen molar-refractivity contribution in [3.8, 4) is 11.5 Å². The summed E-state index contributed by atoms with van der Waals surface area (Å²) >= 11 is 2.24. The van der Waals surface area contributed by atoms with Crippen LogP contribution in [0.4, 0.5) is 5.69 Å². The van der Waals surface area contributed by atoms with Gasteiger partial charge in [0.05, 0.1) is 12.2 Å². The Labute approximate surface area is 124 Å². The van der Waals surface area contributed by atoms with Crippen LogP contribution in [0.3, 0.4) is 0 Å². The third-order valence-electron chi connectivity index (χ3n) is 2.22. The van der Waals surface area contributed by atoms with Gasteiger partial charge >= 0.3 is 0 Å². The van der Waals surface area contributed by atoms with E-state index in [1.165, 1.54) is 0 Å². The molecule has 0 saturated heterocycles. The highest BCUT2D eigenvalue weighted by molar-refractivity contribution is 14.1. The Balaban J connectivity index is 2.95. The third-order valence-corrected chi connectivity index (χ3v) is 4.06. The van der Waals surface area contributed by atoms with Crippen molar-refractivity contribution in [3.63, 3.8) is 0 Å². The molecule has 1 rings (SSSR count). The molecule has 0 aliphatic carbocycles. The van der Waals surface area contributed by atoms with E-state index in [-0.39, 0.29) is 5.91 Å². The molecule has 0 heterocycles. The van der Waals surface area contributed by atoms with E-state index in [1.807, 2.05) is 24.3 Å². The SMILES string of the molecule is CC(=O)N(CC#C[Si](C)(C)C)c1ccccc1I. The lowest BCUT2D eigenvalue weighted by Crippen LogP contribution is -2.30. The number of halogens is 1. The van der Waals surface area contributed by atoms with Gasteiger partial charge in [-0.15, -0.1) is 5.54 Å². The summed E-state index contributed by atoms with van der Waals surface area (Å²) in [6.07, 6.45) is 0. The molecule has 0 aliphatic rings. The summed E-state index contributed by atoms with van der Waals surface area (Å²) in [6, 6.07) is 7.87. The van der Waals surface area contributed by atoms with Gasteiger partial charge in [0.25, 0.3) is 0 Å². The predicted octanol–water partition coefficient (Wildman–Crippen LogP) is 3.52. The molecule has 1 aromatic carbocycles. The third kappa shape index (κ3) is 4.82. The zero-order valence-corrected chi connectivity index (χ0v) is 14.4. The van der Waals surface area contributed by atoms with Crippen LogP contribution in [0.15, 0.2) is 24.3 Å². The molecule has 4 heteroatoms. The van der Waals surface area contributed by atoms with Crippen molar-refractivity contribution in [1.82, 2.24) is 0 Å². The van der Waals surface area contributed by atoms with Gasteiger partial charge < -0.3 is 0 Å². The van der Waals surface area contributed by atoms with Crippen LogP contribution in [0.2, 0.25) is 19.6 Å². The fourth-order valence-electron chi connectivity index (χ4n) is 1.42. The number of carbonyl (C=O) groups excluding carboxylic acids is 1. The van der Waals surface area contributed by atoms with Crippen LogP contribution in [0.1, 0.15) is 6.92 Å². The Bertz CT molecular complexity index is 496. The number of anilines is 1. The molecule has 0 spiro atoms. The number of hydrogen-bond donors (Lipinski definition) is 0. The molecule has 0 unspecified atom stereocenters. The average molecular weight is 371 g/mol. The summed E-state index contributed by atoms with van der Waals surface area (Å²) < 4.78 is 1.07. The molecule has 0 radical (unpaired) electrons. The highest BCUT2D eigenvalue weighted by atomic mass is 127. The monoisotopic (exact) mass is 371 g/mol. The van der Waals surface area contributed by atoms with Gasteiger partial charge in [-0.05, 0) is 34.7 Å². The topological polar surface area (TPSA) is 20.3 Å². The fourth-order valence-corrected chi connectivity index (χ4v) is 2.71. The van der Waals surface area contributed by atoms with Crippen LogP contribution in [0.25, 0.3) is 0 Å². The number of amides is 1. The summed E-state index contributed by atoms with van der Waals surface area (Å²) in [5.41, 5.74) is 4.23. The summed E-state index contributed by atoms with van der Waals surface area (Å²) in [5.74, 6) is 3.18. The zero-order chi connectivity index (χ0) is 13.8. The van der Waals surface area contributed by atoms with Crippen molar-refractivity contribution in [2.45, 2.75) is 26.6 Å². The van der Waals surface area contributed by atoms with Gasteiger partial charge in [0, 0.05) is 10.5 Å². The first-order chi connectivity index (χ1) is 8.31. The van der Waals surface area contributed by atoms with Gasteiger partial charge in [-0.2, -0.15) is 0 Å². The van der Waals surface area contributed by atoms with E-state index < -0.39 is 8.07 Å². The molecule has 2 nitrogen and oxygen atoms in total. The van der Waals surface area contributed by atoms with E-state index in [2.05, 4.69) is 53.7 Å². The summed E-state index contributed by atoms with van der Waals surface area (Å²) in [4.78, 5) is 13.4. The molecule has 0 fully saturated rings. The Kier molecular flexibility index (Phi) is 5.41. The molecule has 0 saturated carbocycles. The second kappa shape index (κ2) is 6.39. The average Bonchev–Trinajstić information content (AvgIpc) is 2.24. The number of para-hydroxylation sites is 1. The lowest BCUT2D eigenvalue weighted by Gasteiger charge is -2.20. The van der Waals surface area contributed by atoms with Gasteiger partial charge in [0.1, 0.15) is 8.07 Å². The number of benzene rings is 1. The number of carbonyl (C=O) groups is 1. The van der Waals surface area contributed by atoms with Gasteiger partial charge in [0.15, 0.2) is 0 Å². The maximum atomic E-state index is 11.7. The highest BCUT2D eigenvalue weighted by Gasteiger charge is 2.13. The van der Waals surface area contributed by atoms with E-state index >= 15 is 0 Å². The summed E-state index contributed by atoms with van der Waals surface area (Å²) in [7, 11) is -1.37. The maximum Gasteiger partial charge on any atom is 0.224 e. The minimum Gasteiger partial charge on any atom is -0.300 e. The quantitative estimate of drug-likeness (QED) is 0.443. The van der Waals surface area contributed by atoms with E-state index in [1.54, 1.807) is 11.8 Å². The second-order valence-electron chi connectivity index (χ2n) is 5.11. The molecule has 1 aromatic rings. The van der Waals surface area contributed by atoms with Gasteiger partial charge in [-0.25, -0.2) is 0 Å². The van der Waals surface area contributed by atoms with Crippen molar-refractivity contribution >= 4 is 42.3 Å². The van der Waals surface area contributed by atoms with Gasteiger partial charge in [0.2, 0.25) is 5.91 Å². The van der Waals surface area contributed by atoms with E-state index in [9.17, 15) is 4.79 Å². The lowest BCUT2D eigenvalue weighted by molar-refractivity contribution is -0.116. The first kappa shape index (κ1) is 15.3. The molecule has 96 valence electrons. The van der Waals surface area contributed by atoms with Crippen molar-refractivity contribution in [2.75, 3.05) is 11.4 Å². The summed E-state index contributed by atoms with van der Waals surface area (Å²) in [6.45, 7) is 8.65. The fraction of sp³-hybridized carbons (Fsp3) is 0.357. The second-order valence-corrected chi connectivity index (χ2v) is 11.0. The molecule has 18 heavy (non-hydrogen) atoms. The predicted molar refractivity (Wildman–Crippen MR) is 88.3 cm³/mol. The van der Waals surface area contributed by atoms with Crippen LogP contribution in [0, 0.1) is 15.0 Å². The number of rotatable bonds is 2. The largest absolute Gasteiger partial charge is 0.300 e. The van der Waals surface area contributed by atoms with Gasteiger partial charge in [-0.3, -0.25) is 9.69 Å². The first-order valence-corrected chi connectivity index (χ1v) is 10.4. The van der Waals surface area contributed by atoms with E-state index in [0.717, 1.165) is 9.26 Å². The Morgan fingerprint density at radius 3 is 2.44 bits per heavy atom. The smallest absolute Gasteiger partial charge is 0.224 e. The van der Waals surface area contributed by atoms with Gasteiger partial charge in [-0.1, -0.05) is 37.7 Å². The minimum absolute atomic E-state index is 0.0315. The Hall–Kier alpha value is -0.803. The van der Waals surface area contributed by atoms with Crippen molar-refractivity contribution in [1.29, 1.82) is 0 Å². The van der Waals surface area contributed by atoms with Crippen LogP contribution in [-0.4, -0.2) is 20.5 Å². The van der Waals surface area contributed by atoms with Crippen LogP contribution < -0.4 is 4.90 Å². The molecule has 0 aromatic heterocycles. The number of hydrogen-bond acceptors (Lipinski definition) is 1. The highest BCUT2D eigenvalue weighted by Crippen LogP contribution is 2.21. The van der Waals surface area contributed by atoms with E-state index in [4.69, 9.17) is 0 Å². The Morgan fingerprint density at radius 2 is 1.94 bits per heavy atom. The molecule has 0 N–H and O–H groups in total. The molecular weight excluding hydrogens is 353 g/mol. The molecule has 0 atom stereocenters. The normalized spacial score (nSPS) is 10.5. The molecular formula is C14H18INOSi. The summed E-state index contributed by atoms with van der Waals surface area (Å²) in [5, 5.41) is 0.